The summed E-state index contributed by atoms with van der Waals surface area (Å²) in [4.78, 5) is 12.7. The van der Waals surface area contributed by atoms with Gasteiger partial charge in [0.25, 0.3) is 0 Å². The molecule has 1 aliphatic carbocycles. The molecule has 1 N–H and O–H groups in total. The van der Waals surface area contributed by atoms with Gasteiger partial charge in [0.05, 0.1) is 6.10 Å². The normalized spacial score (nSPS) is 24.0. The van der Waals surface area contributed by atoms with Crippen LogP contribution in [0.2, 0.25) is 0 Å². The number of carbonyl (C=O) groups is 1. The third-order valence-corrected chi connectivity index (χ3v) is 7.77. The van der Waals surface area contributed by atoms with Gasteiger partial charge >= 0.3 is 0 Å². The van der Waals surface area contributed by atoms with E-state index in [1.54, 1.807) is 0 Å². The van der Waals surface area contributed by atoms with Crippen LogP contribution in [0.15, 0.2) is 12.2 Å². The highest BCUT2D eigenvalue weighted by Gasteiger charge is 2.44. The van der Waals surface area contributed by atoms with Crippen molar-refractivity contribution < 1.29 is 9.90 Å². The van der Waals surface area contributed by atoms with Crippen molar-refractivity contribution in [3.63, 3.8) is 0 Å². The van der Waals surface area contributed by atoms with Crippen LogP contribution in [-0.2, 0) is 4.79 Å². The Kier molecular flexibility index (Phi) is 13.1. The molecule has 1 fully saturated rings. The van der Waals surface area contributed by atoms with Gasteiger partial charge in [-0.1, -0.05) is 84.8 Å². The van der Waals surface area contributed by atoms with Crippen molar-refractivity contribution >= 4 is 5.78 Å². The van der Waals surface area contributed by atoms with Gasteiger partial charge in [-0.3, -0.25) is 4.79 Å². The summed E-state index contributed by atoms with van der Waals surface area (Å²) >= 11 is 0. The van der Waals surface area contributed by atoms with Crippen molar-refractivity contribution in [3.05, 3.63) is 12.2 Å². The molecule has 0 radical (unpaired) electrons. The first kappa shape index (κ1) is 26.4. The van der Waals surface area contributed by atoms with Gasteiger partial charge in [-0.15, -0.1) is 0 Å². The minimum atomic E-state index is -0.179. The Morgan fingerprint density at radius 2 is 1.76 bits per heavy atom. The van der Waals surface area contributed by atoms with E-state index < -0.39 is 0 Å². The second-order valence-corrected chi connectivity index (χ2v) is 9.87. The highest BCUT2D eigenvalue weighted by Crippen LogP contribution is 2.46. The molecule has 1 rings (SSSR count). The number of allylic oxidation sites excluding steroid dienone is 1. The van der Waals surface area contributed by atoms with Crippen LogP contribution in [0.3, 0.4) is 0 Å². The van der Waals surface area contributed by atoms with E-state index in [0.29, 0.717) is 17.6 Å². The molecule has 2 nitrogen and oxygen atoms in total. The molecular formula is C27H50O2. The molecule has 0 aliphatic heterocycles. The largest absolute Gasteiger partial charge is 0.393 e. The second kappa shape index (κ2) is 14.4. The van der Waals surface area contributed by atoms with E-state index in [9.17, 15) is 9.90 Å². The van der Waals surface area contributed by atoms with Crippen LogP contribution in [0.4, 0.5) is 0 Å². The summed E-state index contributed by atoms with van der Waals surface area (Å²) < 4.78 is 0. The van der Waals surface area contributed by atoms with Crippen LogP contribution in [0, 0.1) is 17.3 Å². The van der Waals surface area contributed by atoms with Crippen molar-refractivity contribution in [2.45, 2.75) is 137 Å². The fourth-order valence-corrected chi connectivity index (χ4v) is 5.33. The Balaban J connectivity index is 2.37. The first-order valence-electron chi connectivity index (χ1n) is 12.8. The lowest BCUT2D eigenvalue weighted by Crippen LogP contribution is -2.29. The van der Waals surface area contributed by atoms with Crippen LogP contribution >= 0.6 is 0 Å². The van der Waals surface area contributed by atoms with E-state index in [1.807, 2.05) is 0 Å². The number of carbonyl (C=O) groups excluding carboxylic acids is 1. The molecule has 2 unspecified atom stereocenters. The van der Waals surface area contributed by atoms with Gasteiger partial charge in [0, 0.05) is 11.8 Å². The average molecular weight is 407 g/mol. The molecule has 0 aromatic rings. The highest BCUT2D eigenvalue weighted by atomic mass is 16.3. The quantitative estimate of drug-likeness (QED) is 0.196. The molecule has 0 aromatic carbocycles. The number of aliphatic hydroxyl groups excluding tert-OH is 1. The minimum Gasteiger partial charge on any atom is -0.393 e. The number of rotatable bonds is 17. The molecule has 0 spiro atoms. The predicted octanol–water partition coefficient (Wildman–Crippen LogP) is 8.03. The van der Waals surface area contributed by atoms with Gasteiger partial charge < -0.3 is 5.11 Å². The smallest absolute Gasteiger partial charge is 0.139 e. The van der Waals surface area contributed by atoms with E-state index in [2.05, 4.69) is 34.3 Å². The molecular weight excluding hydrogens is 356 g/mol. The summed E-state index contributed by atoms with van der Waals surface area (Å²) in [6, 6.07) is 0. The lowest BCUT2D eigenvalue weighted by molar-refractivity contribution is -0.127. The Bertz CT molecular complexity index is 469. The third kappa shape index (κ3) is 8.95. The molecule has 29 heavy (non-hydrogen) atoms. The minimum absolute atomic E-state index is 0.148. The number of Topliss-reactive ketones (excluding diaryl/α,β-unsaturated/α-hetero) is 1. The van der Waals surface area contributed by atoms with Gasteiger partial charge in [0.15, 0.2) is 0 Å². The lowest BCUT2D eigenvalue weighted by Gasteiger charge is -2.31. The van der Waals surface area contributed by atoms with Crippen LogP contribution in [0.1, 0.15) is 130 Å². The van der Waals surface area contributed by atoms with E-state index in [4.69, 9.17) is 0 Å². The van der Waals surface area contributed by atoms with Crippen LogP contribution in [0.5, 0.6) is 0 Å². The van der Waals surface area contributed by atoms with Crippen LogP contribution in [0.25, 0.3) is 0 Å². The molecule has 0 heterocycles. The zero-order valence-electron chi connectivity index (χ0n) is 20.1. The topological polar surface area (TPSA) is 37.3 Å². The summed E-state index contributed by atoms with van der Waals surface area (Å²) in [5.74, 6) is 1.59. The Morgan fingerprint density at radius 3 is 2.41 bits per heavy atom. The molecule has 0 bridgehead atoms. The van der Waals surface area contributed by atoms with Crippen molar-refractivity contribution in [2.75, 3.05) is 0 Å². The first-order chi connectivity index (χ1) is 13.9. The molecule has 170 valence electrons. The van der Waals surface area contributed by atoms with Gasteiger partial charge in [-0.25, -0.2) is 0 Å². The predicted molar refractivity (Wildman–Crippen MR) is 126 cm³/mol. The van der Waals surface area contributed by atoms with Gasteiger partial charge in [0.2, 0.25) is 0 Å². The Hall–Kier alpha value is -0.630. The van der Waals surface area contributed by atoms with Gasteiger partial charge in [0.1, 0.15) is 5.78 Å². The molecule has 0 amide bonds. The van der Waals surface area contributed by atoms with Crippen LogP contribution in [-0.4, -0.2) is 17.0 Å². The van der Waals surface area contributed by atoms with E-state index in [0.717, 1.165) is 57.8 Å². The Morgan fingerprint density at radius 1 is 1.07 bits per heavy atom. The maximum Gasteiger partial charge on any atom is 0.139 e. The zero-order chi connectivity index (χ0) is 21.7. The van der Waals surface area contributed by atoms with Crippen molar-refractivity contribution in [1.82, 2.24) is 0 Å². The van der Waals surface area contributed by atoms with Crippen molar-refractivity contribution in [3.8, 4) is 0 Å². The molecule has 0 aromatic heterocycles. The number of aliphatic hydroxyl groups is 1. The molecule has 2 heteroatoms. The molecule has 1 saturated carbocycles. The summed E-state index contributed by atoms with van der Waals surface area (Å²) in [5.41, 5.74) is 1.24. The maximum atomic E-state index is 12.7. The number of hydrogen-bond acceptors (Lipinski definition) is 2. The lowest BCUT2D eigenvalue weighted by atomic mass is 9.72. The first-order valence-corrected chi connectivity index (χ1v) is 12.8. The fourth-order valence-electron chi connectivity index (χ4n) is 5.33. The summed E-state index contributed by atoms with van der Waals surface area (Å²) in [6.07, 6.45) is 17.5. The van der Waals surface area contributed by atoms with E-state index in [1.165, 1.54) is 50.5 Å². The number of hydrogen-bond donors (Lipinski definition) is 1. The monoisotopic (exact) mass is 406 g/mol. The summed E-state index contributed by atoms with van der Waals surface area (Å²) in [5, 5.41) is 10.4. The molecule has 4 atom stereocenters. The second-order valence-electron chi connectivity index (χ2n) is 9.87. The molecule has 1 aliphatic rings. The number of unbranched alkanes of at least 4 members (excludes halogenated alkanes) is 5. The highest BCUT2D eigenvalue weighted by molar-refractivity contribution is 5.86. The maximum absolute atomic E-state index is 12.7. The van der Waals surface area contributed by atoms with Crippen molar-refractivity contribution in [2.24, 2.45) is 17.3 Å². The SMILES string of the molecule is C=C(CC)C(CC)CCCC[C@@]1(C)C(=O)CC[C@@H]1CCC(O)CCCCCCC. The fraction of sp³-hybridized carbons (Fsp3) is 0.889. The van der Waals surface area contributed by atoms with E-state index >= 15 is 0 Å². The standard InChI is InChI=1S/C27H50O2/c1-6-9-10-11-12-16-25(28)19-17-24-18-20-26(29)27(24,5)21-14-13-15-23(8-3)22(4)7-2/h23-25,28H,4,6-21H2,1-3,5H3/t23?,24-,25?,27+/m0/s1. The zero-order valence-corrected chi connectivity index (χ0v) is 20.1. The van der Waals surface area contributed by atoms with Gasteiger partial charge in [-0.05, 0) is 63.2 Å². The van der Waals surface area contributed by atoms with Crippen LogP contribution < -0.4 is 0 Å². The number of ketones is 1. The Labute approximate surface area is 181 Å². The molecule has 0 saturated heterocycles. The third-order valence-electron chi connectivity index (χ3n) is 7.77. The average Bonchev–Trinajstić information content (AvgIpc) is 3.00. The van der Waals surface area contributed by atoms with E-state index in [-0.39, 0.29) is 11.5 Å². The van der Waals surface area contributed by atoms with Gasteiger partial charge in [-0.2, -0.15) is 0 Å². The summed E-state index contributed by atoms with van der Waals surface area (Å²) in [6.45, 7) is 13.2. The summed E-state index contributed by atoms with van der Waals surface area (Å²) in [7, 11) is 0. The van der Waals surface area contributed by atoms with Crippen molar-refractivity contribution in [1.29, 1.82) is 0 Å².